The Morgan fingerprint density at radius 3 is 2.48 bits per heavy atom. The fourth-order valence-corrected chi connectivity index (χ4v) is 3.08. The summed E-state index contributed by atoms with van der Waals surface area (Å²) in [4.78, 5) is 15.0. The highest BCUT2D eigenvalue weighted by Crippen LogP contribution is 2.19. The second kappa shape index (κ2) is 6.82. The van der Waals surface area contributed by atoms with Gasteiger partial charge in [0, 0.05) is 24.9 Å². The van der Waals surface area contributed by atoms with Crippen LogP contribution in [0.15, 0.2) is 47.6 Å². The van der Waals surface area contributed by atoms with E-state index in [1.807, 2.05) is 0 Å². The lowest BCUT2D eigenvalue weighted by Gasteiger charge is -2.12. The van der Waals surface area contributed by atoms with E-state index < -0.39 is 32.5 Å². The minimum absolute atomic E-state index is 0.105. The molecule has 0 aliphatic heterocycles. The van der Waals surface area contributed by atoms with Crippen LogP contribution in [0.4, 0.5) is 8.78 Å². The van der Waals surface area contributed by atoms with Gasteiger partial charge in [-0.15, -0.1) is 0 Å². The predicted molar refractivity (Wildman–Crippen MR) is 79.0 cm³/mol. The summed E-state index contributed by atoms with van der Waals surface area (Å²) in [6, 6.07) is 5.45. The largest absolute Gasteiger partial charge is 0.274 e. The first-order valence-electron chi connectivity index (χ1n) is 6.70. The average Bonchev–Trinajstić information content (AvgIpc) is 2.46. The lowest BCUT2D eigenvalue weighted by Crippen LogP contribution is -2.31. The van der Waals surface area contributed by atoms with Crippen molar-refractivity contribution in [2.24, 2.45) is 0 Å². The second-order valence-corrected chi connectivity index (χ2v) is 6.64. The molecular formula is C15H14F2N2O3S. The number of pyridine rings is 1. The van der Waals surface area contributed by atoms with E-state index in [1.54, 1.807) is 36.2 Å². The maximum Gasteiger partial charge on any atom is 0.266 e. The molecule has 0 spiro atoms. The van der Waals surface area contributed by atoms with Crippen LogP contribution in [0.25, 0.3) is 0 Å². The van der Waals surface area contributed by atoms with Crippen molar-refractivity contribution in [3.05, 3.63) is 59.9 Å². The second-order valence-electron chi connectivity index (χ2n) is 4.99. The zero-order chi connectivity index (χ0) is 17.0. The van der Waals surface area contributed by atoms with E-state index in [-0.39, 0.29) is 12.3 Å². The summed E-state index contributed by atoms with van der Waals surface area (Å²) in [5, 5.41) is 0. The van der Waals surface area contributed by atoms with E-state index in [9.17, 15) is 22.0 Å². The number of halogens is 2. The van der Waals surface area contributed by atoms with Crippen LogP contribution in [0.5, 0.6) is 0 Å². The molecule has 1 aromatic carbocycles. The molecule has 0 saturated carbocycles. The molecule has 2 aromatic rings. The number of rotatable bonds is 5. The van der Waals surface area contributed by atoms with Crippen molar-refractivity contribution in [1.82, 2.24) is 9.71 Å². The number of benzene rings is 1. The number of carbonyl (C=O) groups excluding carboxylic acids is 1. The molecule has 0 bridgehead atoms. The number of aromatic nitrogens is 1. The van der Waals surface area contributed by atoms with Crippen molar-refractivity contribution < 1.29 is 22.0 Å². The molecule has 0 fully saturated rings. The Hall–Kier alpha value is -2.35. The molecule has 0 aliphatic carbocycles. The first-order chi connectivity index (χ1) is 10.8. The summed E-state index contributed by atoms with van der Waals surface area (Å²) >= 11 is 0. The zero-order valence-corrected chi connectivity index (χ0v) is 13.0. The van der Waals surface area contributed by atoms with Crippen molar-refractivity contribution in [3.63, 3.8) is 0 Å². The van der Waals surface area contributed by atoms with Crippen LogP contribution in [-0.4, -0.2) is 19.3 Å². The molecule has 0 radical (unpaired) electrons. The normalized spacial score (nSPS) is 12.7. The van der Waals surface area contributed by atoms with E-state index in [0.717, 1.165) is 17.7 Å². The number of hydrogen-bond donors (Lipinski definition) is 1. The Morgan fingerprint density at radius 2 is 1.87 bits per heavy atom. The van der Waals surface area contributed by atoms with Gasteiger partial charge in [-0.2, -0.15) is 0 Å². The van der Waals surface area contributed by atoms with Gasteiger partial charge in [-0.1, -0.05) is 6.92 Å². The summed E-state index contributed by atoms with van der Waals surface area (Å²) < 4.78 is 52.1. The monoisotopic (exact) mass is 340 g/mol. The summed E-state index contributed by atoms with van der Waals surface area (Å²) in [6.45, 7) is 1.75. The number of nitrogens with zero attached hydrogens (tertiary/aromatic N) is 1. The Morgan fingerprint density at radius 1 is 1.22 bits per heavy atom. The van der Waals surface area contributed by atoms with Crippen LogP contribution in [0.1, 0.15) is 24.8 Å². The minimum Gasteiger partial charge on any atom is -0.274 e. The molecule has 1 N–H and O–H groups in total. The standard InChI is InChI=1S/C15H14F2N2O3S/c1-10(11-4-6-18-7-5-11)8-15(20)19-23(21,22)14-3-2-12(16)9-13(14)17/h2-7,9-10H,8H2,1H3,(H,19,20)/t10-/m1/s1. The van der Waals surface area contributed by atoms with Crippen LogP contribution < -0.4 is 4.72 Å². The van der Waals surface area contributed by atoms with Crippen LogP contribution in [0, 0.1) is 11.6 Å². The molecule has 0 unspecified atom stereocenters. The predicted octanol–water partition coefficient (Wildman–Crippen LogP) is 2.36. The van der Waals surface area contributed by atoms with Crippen molar-refractivity contribution in [2.45, 2.75) is 24.2 Å². The molecule has 5 nitrogen and oxygen atoms in total. The lowest BCUT2D eigenvalue weighted by atomic mass is 9.99. The molecule has 122 valence electrons. The maximum atomic E-state index is 13.5. The highest BCUT2D eigenvalue weighted by atomic mass is 32.2. The van der Waals surface area contributed by atoms with Crippen molar-refractivity contribution in [2.75, 3.05) is 0 Å². The number of sulfonamides is 1. The van der Waals surface area contributed by atoms with E-state index >= 15 is 0 Å². The van der Waals surface area contributed by atoms with E-state index in [4.69, 9.17) is 0 Å². The molecular weight excluding hydrogens is 326 g/mol. The van der Waals surface area contributed by atoms with Gasteiger partial charge in [-0.25, -0.2) is 21.9 Å². The summed E-state index contributed by atoms with van der Waals surface area (Å²) in [7, 11) is -4.39. The third kappa shape index (κ3) is 4.32. The highest BCUT2D eigenvalue weighted by Gasteiger charge is 2.23. The molecule has 1 heterocycles. The van der Waals surface area contributed by atoms with Gasteiger partial charge >= 0.3 is 0 Å². The molecule has 1 aromatic heterocycles. The first kappa shape index (κ1) is 17.0. The van der Waals surface area contributed by atoms with E-state index in [2.05, 4.69) is 4.98 Å². The maximum absolute atomic E-state index is 13.5. The molecule has 1 atom stereocenters. The summed E-state index contributed by atoms with van der Waals surface area (Å²) in [6.07, 6.45) is 3.02. The molecule has 23 heavy (non-hydrogen) atoms. The first-order valence-corrected chi connectivity index (χ1v) is 8.18. The molecule has 0 saturated heterocycles. The smallest absolute Gasteiger partial charge is 0.266 e. The van der Waals surface area contributed by atoms with Crippen LogP contribution in [0.3, 0.4) is 0 Å². The highest BCUT2D eigenvalue weighted by molar-refractivity contribution is 7.90. The van der Waals surface area contributed by atoms with Gasteiger partial charge in [-0.3, -0.25) is 9.78 Å². The van der Waals surface area contributed by atoms with Gasteiger partial charge < -0.3 is 0 Å². The average molecular weight is 340 g/mol. The molecule has 0 aliphatic rings. The van der Waals surface area contributed by atoms with Gasteiger partial charge in [0.15, 0.2) is 0 Å². The van der Waals surface area contributed by atoms with Crippen LogP contribution >= 0.6 is 0 Å². The van der Waals surface area contributed by atoms with Gasteiger partial charge in [0.2, 0.25) is 5.91 Å². The Bertz CT molecular complexity index is 811. The summed E-state index contributed by atoms with van der Waals surface area (Å²) in [5.74, 6) is -3.18. The number of hydrogen-bond acceptors (Lipinski definition) is 4. The fraction of sp³-hybridized carbons (Fsp3) is 0.200. The quantitative estimate of drug-likeness (QED) is 0.906. The molecule has 1 amide bonds. The Balaban J connectivity index is 2.10. The minimum atomic E-state index is -4.39. The van der Waals surface area contributed by atoms with E-state index in [1.165, 1.54) is 0 Å². The lowest BCUT2D eigenvalue weighted by molar-refractivity contribution is -0.119. The SMILES string of the molecule is C[C@H](CC(=O)NS(=O)(=O)c1ccc(F)cc1F)c1ccncc1. The number of amides is 1. The van der Waals surface area contributed by atoms with Gasteiger partial charge in [0.05, 0.1) is 0 Å². The van der Waals surface area contributed by atoms with Gasteiger partial charge in [0.25, 0.3) is 10.0 Å². The Kier molecular flexibility index (Phi) is 5.05. The third-order valence-corrected chi connectivity index (χ3v) is 4.60. The topological polar surface area (TPSA) is 76.1 Å². The van der Waals surface area contributed by atoms with Gasteiger partial charge in [0.1, 0.15) is 16.5 Å². The number of nitrogens with one attached hydrogen (secondary N) is 1. The molecule has 2 rings (SSSR count). The summed E-state index contributed by atoms with van der Waals surface area (Å²) in [5.41, 5.74) is 0.820. The fourth-order valence-electron chi connectivity index (χ4n) is 2.03. The third-order valence-electron chi connectivity index (χ3n) is 3.20. The van der Waals surface area contributed by atoms with E-state index in [0.29, 0.717) is 6.07 Å². The van der Waals surface area contributed by atoms with Crippen LogP contribution in [-0.2, 0) is 14.8 Å². The van der Waals surface area contributed by atoms with Crippen molar-refractivity contribution >= 4 is 15.9 Å². The zero-order valence-electron chi connectivity index (χ0n) is 12.2. The van der Waals surface area contributed by atoms with Crippen molar-refractivity contribution in [1.29, 1.82) is 0 Å². The number of carbonyl (C=O) groups is 1. The van der Waals surface area contributed by atoms with Crippen molar-refractivity contribution in [3.8, 4) is 0 Å². The molecule has 8 heteroatoms. The van der Waals surface area contributed by atoms with Crippen LogP contribution in [0.2, 0.25) is 0 Å². The van der Waals surface area contributed by atoms with Gasteiger partial charge in [-0.05, 0) is 35.7 Å². The Labute approximate surface area is 132 Å².